The second-order valence-corrected chi connectivity index (χ2v) is 7.19. The van der Waals surface area contributed by atoms with Gasteiger partial charge in [-0.25, -0.2) is 0 Å². The first-order valence-electron chi connectivity index (χ1n) is 8.76. The summed E-state index contributed by atoms with van der Waals surface area (Å²) in [5.74, 6) is 1.83. The van der Waals surface area contributed by atoms with Gasteiger partial charge in [0.05, 0.1) is 5.60 Å². The van der Waals surface area contributed by atoms with Crippen molar-refractivity contribution >= 4 is 11.6 Å². The Morgan fingerprint density at radius 1 is 1.04 bits per heavy atom. The Balaban J connectivity index is 1.51. The molecular weight excluding hydrogens is 290 g/mol. The largest absolute Gasteiger partial charge is 0.389 e. The topological polar surface area (TPSA) is 55.7 Å². The quantitative estimate of drug-likeness (QED) is 0.904. The second-order valence-electron chi connectivity index (χ2n) is 7.19. The van der Waals surface area contributed by atoms with Crippen molar-refractivity contribution in [1.82, 2.24) is 15.1 Å². The van der Waals surface area contributed by atoms with Crippen molar-refractivity contribution in [2.45, 2.75) is 37.7 Å². The molecule has 1 aromatic rings. The molecule has 2 fully saturated rings. The van der Waals surface area contributed by atoms with Gasteiger partial charge in [0, 0.05) is 46.8 Å². The SMILES string of the molecule is CN(C)c1ccc(N2CCN(CC3(O)CCCCC3)CC2)nn1. The zero-order valence-corrected chi connectivity index (χ0v) is 14.4. The first kappa shape index (κ1) is 16.5. The summed E-state index contributed by atoms with van der Waals surface area (Å²) in [4.78, 5) is 6.65. The molecule has 1 aromatic heterocycles. The predicted octanol–water partition coefficient (Wildman–Crippen LogP) is 1.36. The van der Waals surface area contributed by atoms with Crippen LogP contribution >= 0.6 is 0 Å². The summed E-state index contributed by atoms with van der Waals surface area (Å²) < 4.78 is 0. The average molecular weight is 319 g/mol. The van der Waals surface area contributed by atoms with Crippen LogP contribution in [-0.2, 0) is 0 Å². The number of nitrogens with zero attached hydrogens (tertiary/aromatic N) is 5. The Morgan fingerprint density at radius 2 is 1.74 bits per heavy atom. The van der Waals surface area contributed by atoms with E-state index in [1.165, 1.54) is 19.3 Å². The molecule has 0 atom stereocenters. The Hall–Kier alpha value is -1.40. The van der Waals surface area contributed by atoms with E-state index in [9.17, 15) is 5.11 Å². The number of piperazine rings is 1. The summed E-state index contributed by atoms with van der Waals surface area (Å²) >= 11 is 0. The minimum absolute atomic E-state index is 0.451. The highest BCUT2D eigenvalue weighted by atomic mass is 16.3. The van der Waals surface area contributed by atoms with Gasteiger partial charge in [-0.15, -0.1) is 10.2 Å². The Kier molecular flexibility index (Phi) is 5.02. The van der Waals surface area contributed by atoms with Crippen LogP contribution in [0.25, 0.3) is 0 Å². The Bertz CT molecular complexity index is 490. The molecule has 23 heavy (non-hydrogen) atoms. The molecule has 0 bridgehead atoms. The lowest BCUT2D eigenvalue weighted by Gasteiger charge is -2.41. The van der Waals surface area contributed by atoms with Gasteiger partial charge < -0.3 is 14.9 Å². The van der Waals surface area contributed by atoms with Crippen molar-refractivity contribution in [3.8, 4) is 0 Å². The lowest BCUT2D eigenvalue weighted by Crippen LogP contribution is -2.52. The molecule has 0 amide bonds. The molecule has 1 saturated heterocycles. The smallest absolute Gasteiger partial charge is 0.151 e. The van der Waals surface area contributed by atoms with Crippen LogP contribution in [0.2, 0.25) is 0 Å². The average Bonchev–Trinajstić information content (AvgIpc) is 2.56. The summed E-state index contributed by atoms with van der Waals surface area (Å²) in [7, 11) is 3.94. The minimum atomic E-state index is -0.451. The number of rotatable bonds is 4. The summed E-state index contributed by atoms with van der Waals surface area (Å²) in [6.45, 7) is 4.70. The molecule has 128 valence electrons. The maximum absolute atomic E-state index is 10.7. The highest BCUT2D eigenvalue weighted by molar-refractivity contribution is 5.44. The van der Waals surface area contributed by atoms with Crippen LogP contribution < -0.4 is 9.80 Å². The van der Waals surface area contributed by atoms with E-state index in [-0.39, 0.29) is 0 Å². The van der Waals surface area contributed by atoms with Crippen molar-refractivity contribution in [1.29, 1.82) is 0 Å². The third kappa shape index (κ3) is 4.12. The molecule has 0 radical (unpaired) electrons. The van der Waals surface area contributed by atoms with E-state index in [2.05, 4.69) is 20.0 Å². The minimum Gasteiger partial charge on any atom is -0.389 e. The lowest BCUT2D eigenvalue weighted by molar-refractivity contribution is -0.0271. The van der Waals surface area contributed by atoms with E-state index < -0.39 is 5.60 Å². The van der Waals surface area contributed by atoms with Gasteiger partial charge >= 0.3 is 0 Å². The van der Waals surface area contributed by atoms with E-state index in [1.54, 1.807) is 0 Å². The molecule has 0 unspecified atom stereocenters. The number of aliphatic hydroxyl groups is 1. The van der Waals surface area contributed by atoms with Gasteiger partial charge in [0.2, 0.25) is 0 Å². The maximum atomic E-state index is 10.7. The van der Waals surface area contributed by atoms with Crippen LogP contribution in [0.1, 0.15) is 32.1 Å². The van der Waals surface area contributed by atoms with Crippen LogP contribution in [-0.4, -0.2) is 72.6 Å². The number of aromatic nitrogens is 2. The van der Waals surface area contributed by atoms with Crippen LogP contribution in [0, 0.1) is 0 Å². The van der Waals surface area contributed by atoms with Crippen LogP contribution in [0.5, 0.6) is 0 Å². The standard InChI is InChI=1S/C17H29N5O/c1-20(2)15-6-7-16(19-18-15)22-12-10-21(11-13-22)14-17(23)8-4-3-5-9-17/h6-7,23H,3-5,8-14H2,1-2H3. The summed E-state index contributed by atoms with van der Waals surface area (Å²) in [5.41, 5.74) is -0.451. The first-order chi connectivity index (χ1) is 11.1. The fraction of sp³-hybridized carbons (Fsp3) is 0.765. The Morgan fingerprint density at radius 3 is 2.30 bits per heavy atom. The molecule has 1 aliphatic carbocycles. The summed E-state index contributed by atoms with van der Waals surface area (Å²) in [5, 5.41) is 19.3. The second kappa shape index (κ2) is 7.01. The predicted molar refractivity (Wildman–Crippen MR) is 93.0 cm³/mol. The van der Waals surface area contributed by atoms with Crippen molar-refractivity contribution < 1.29 is 5.11 Å². The van der Waals surface area contributed by atoms with Gasteiger partial charge in [-0.2, -0.15) is 0 Å². The van der Waals surface area contributed by atoms with Crippen LogP contribution in [0.15, 0.2) is 12.1 Å². The normalized spacial score (nSPS) is 22.1. The van der Waals surface area contributed by atoms with Gasteiger partial charge in [0.1, 0.15) is 0 Å². The molecule has 2 aliphatic rings. The number of β-amino-alcohol motifs (C(OH)–C–C–N with tert-alkyl or cyclic N) is 1. The van der Waals surface area contributed by atoms with E-state index >= 15 is 0 Å². The molecule has 1 aliphatic heterocycles. The molecule has 1 saturated carbocycles. The molecule has 2 heterocycles. The fourth-order valence-corrected chi connectivity index (χ4v) is 3.64. The molecule has 0 spiro atoms. The van der Waals surface area contributed by atoms with E-state index in [1.807, 2.05) is 31.1 Å². The highest BCUT2D eigenvalue weighted by Crippen LogP contribution is 2.29. The monoisotopic (exact) mass is 319 g/mol. The van der Waals surface area contributed by atoms with Crippen molar-refractivity contribution in [2.24, 2.45) is 0 Å². The highest BCUT2D eigenvalue weighted by Gasteiger charge is 2.32. The van der Waals surface area contributed by atoms with E-state index in [0.717, 1.165) is 57.2 Å². The van der Waals surface area contributed by atoms with Crippen molar-refractivity contribution in [3.05, 3.63) is 12.1 Å². The Labute approximate surface area is 139 Å². The van der Waals surface area contributed by atoms with Crippen molar-refractivity contribution in [2.75, 3.05) is 56.6 Å². The van der Waals surface area contributed by atoms with E-state index in [0.29, 0.717) is 0 Å². The van der Waals surface area contributed by atoms with Gasteiger partial charge in [0.25, 0.3) is 0 Å². The lowest BCUT2D eigenvalue weighted by atomic mass is 9.84. The van der Waals surface area contributed by atoms with Crippen LogP contribution in [0.3, 0.4) is 0 Å². The van der Waals surface area contributed by atoms with Gasteiger partial charge in [0.15, 0.2) is 11.6 Å². The zero-order chi connectivity index (χ0) is 16.3. The van der Waals surface area contributed by atoms with E-state index in [4.69, 9.17) is 0 Å². The number of hydrogen-bond donors (Lipinski definition) is 1. The fourth-order valence-electron chi connectivity index (χ4n) is 3.64. The van der Waals surface area contributed by atoms with Gasteiger partial charge in [-0.05, 0) is 25.0 Å². The first-order valence-corrected chi connectivity index (χ1v) is 8.76. The van der Waals surface area contributed by atoms with Crippen molar-refractivity contribution in [3.63, 3.8) is 0 Å². The molecule has 0 aromatic carbocycles. The summed E-state index contributed by atoms with van der Waals surface area (Å²) in [6.07, 6.45) is 5.54. The summed E-state index contributed by atoms with van der Waals surface area (Å²) in [6, 6.07) is 4.06. The molecule has 1 N–H and O–H groups in total. The number of hydrogen-bond acceptors (Lipinski definition) is 6. The maximum Gasteiger partial charge on any atom is 0.151 e. The number of anilines is 2. The molecule has 3 rings (SSSR count). The van der Waals surface area contributed by atoms with Crippen LogP contribution in [0.4, 0.5) is 11.6 Å². The van der Waals surface area contributed by atoms with Gasteiger partial charge in [-0.1, -0.05) is 19.3 Å². The molecule has 6 nitrogen and oxygen atoms in total. The van der Waals surface area contributed by atoms with Gasteiger partial charge in [-0.3, -0.25) is 4.90 Å². The third-order valence-electron chi connectivity index (χ3n) is 5.09. The zero-order valence-electron chi connectivity index (χ0n) is 14.4. The molecule has 6 heteroatoms. The third-order valence-corrected chi connectivity index (χ3v) is 5.09. The molecular formula is C17H29N5O.